The lowest BCUT2D eigenvalue weighted by Gasteiger charge is -2.01. The molecule has 3 heterocycles. The van der Waals surface area contributed by atoms with E-state index in [9.17, 15) is 4.79 Å². The second kappa shape index (κ2) is 5.73. The van der Waals surface area contributed by atoms with Crippen molar-refractivity contribution in [3.05, 3.63) is 34.8 Å². The number of furan rings is 1. The van der Waals surface area contributed by atoms with Crippen LogP contribution in [0.5, 0.6) is 0 Å². The van der Waals surface area contributed by atoms with Crippen LogP contribution in [0.1, 0.15) is 25.6 Å². The predicted octanol–water partition coefficient (Wildman–Crippen LogP) is 0.931. The minimum atomic E-state index is -0.577. The van der Waals surface area contributed by atoms with E-state index in [1.807, 2.05) is 0 Å². The molecule has 3 aromatic rings. The molecule has 0 aromatic carbocycles. The molecule has 0 bridgehead atoms. The Hall–Kier alpha value is -2.71. The predicted molar refractivity (Wildman–Crippen MR) is 70.3 cm³/mol. The van der Waals surface area contributed by atoms with E-state index in [0.29, 0.717) is 18.1 Å². The molecule has 0 saturated carbocycles. The van der Waals surface area contributed by atoms with Gasteiger partial charge in [-0.25, -0.2) is 9.48 Å². The van der Waals surface area contributed by atoms with Gasteiger partial charge >= 0.3 is 5.76 Å². The normalized spacial score (nSPS) is 11.1. The van der Waals surface area contributed by atoms with Gasteiger partial charge in [-0.2, -0.15) is 4.68 Å². The number of unbranched alkanes of at least 4 members (excludes halogenated alkanes) is 1. The van der Waals surface area contributed by atoms with E-state index >= 15 is 0 Å². The van der Waals surface area contributed by atoms with Crippen LogP contribution in [0.4, 0.5) is 0 Å². The molecule has 0 atom stereocenters. The van der Waals surface area contributed by atoms with Gasteiger partial charge in [-0.15, -0.1) is 10.2 Å². The Labute approximate surface area is 119 Å². The summed E-state index contributed by atoms with van der Waals surface area (Å²) < 4.78 is 13.0. The van der Waals surface area contributed by atoms with E-state index in [1.165, 1.54) is 10.9 Å². The quantitative estimate of drug-likeness (QED) is 0.665. The molecule has 0 amide bonds. The van der Waals surface area contributed by atoms with E-state index in [2.05, 4.69) is 27.5 Å². The maximum atomic E-state index is 11.8. The smallest absolute Gasteiger partial charge is 0.437 e. The monoisotopic (exact) mass is 290 g/mol. The molecule has 0 fully saturated rings. The molecule has 110 valence electrons. The van der Waals surface area contributed by atoms with Gasteiger partial charge < -0.3 is 8.83 Å². The van der Waals surface area contributed by atoms with Gasteiger partial charge in [0.15, 0.2) is 11.6 Å². The van der Waals surface area contributed by atoms with Crippen LogP contribution in [0.3, 0.4) is 0 Å². The van der Waals surface area contributed by atoms with Crippen LogP contribution in [0.2, 0.25) is 0 Å². The molecular formula is C12H14N6O3. The third-order valence-corrected chi connectivity index (χ3v) is 2.96. The highest BCUT2D eigenvalue weighted by atomic mass is 16.4. The molecule has 0 radical (unpaired) electrons. The first-order valence-corrected chi connectivity index (χ1v) is 6.65. The van der Waals surface area contributed by atoms with Crippen LogP contribution in [0.15, 0.2) is 32.0 Å². The molecule has 3 rings (SSSR count). The lowest BCUT2D eigenvalue weighted by Crippen LogP contribution is -2.19. The summed E-state index contributed by atoms with van der Waals surface area (Å²) in [4.78, 5) is 11.8. The number of aromatic nitrogens is 6. The fourth-order valence-corrected chi connectivity index (χ4v) is 1.86. The van der Waals surface area contributed by atoms with Crippen molar-refractivity contribution in [1.29, 1.82) is 0 Å². The molecule has 0 unspecified atom stereocenters. The van der Waals surface area contributed by atoms with Crippen molar-refractivity contribution < 1.29 is 8.83 Å². The van der Waals surface area contributed by atoms with E-state index < -0.39 is 5.76 Å². The highest BCUT2D eigenvalue weighted by Gasteiger charge is 2.15. The molecule has 9 nitrogen and oxygen atoms in total. The summed E-state index contributed by atoms with van der Waals surface area (Å²) >= 11 is 0. The van der Waals surface area contributed by atoms with Gasteiger partial charge in [-0.05, 0) is 29.0 Å². The number of aryl methyl sites for hydroxylation is 1. The molecule has 0 aliphatic carbocycles. The van der Waals surface area contributed by atoms with Crippen LogP contribution in [0, 0.1) is 0 Å². The van der Waals surface area contributed by atoms with Gasteiger partial charge in [-0.1, -0.05) is 13.3 Å². The van der Waals surface area contributed by atoms with Crippen molar-refractivity contribution in [2.24, 2.45) is 0 Å². The third-order valence-electron chi connectivity index (χ3n) is 2.96. The van der Waals surface area contributed by atoms with E-state index in [1.54, 1.807) is 16.8 Å². The molecule has 0 aliphatic rings. The highest BCUT2D eigenvalue weighted by molar-refractivity contribution is 5.42. The van der Waals surface area contributed by atoms with Crippen molar-refractivity contribution in [2.75, 3.05) is 0 Å². The summed E-state index contributed by atoms with van der Waals surface area (Å²) in [5.41, 5.74) is 0. The summed E-state index contributed by atoms with van der Waals surface area (Å²) in [6, 6.07) is 3.36. The largest absolute Gasteiger partial charge is 0.459 e. The fraction of sp³-hybridized carbons (Fsp3) is 0.417. The molecule has 3 aromatic heterocycles. The Morgan fingerprint density at radius 2 is 2.24 bits per heavy atom. The molecule has 21 heavy (non-hydrogen) atoms. The van der Waals surface area contributed by atoms with Gasteiger partial charge in [0.1, 0.15) is 6.54 Å². The molecule has 9 heteroatoms. The van der Waals surface area contributed by atoms with E-state index in [-0.39, 0.29) is 12.4 Å². The maximum absolute atomic E-state index is 11.8. The minimum absolute atomic E-state index is 0.137. The first kappa shape index (κ1) is 13.3. The lowest BCUT2D eigenvalue weighted by atomic mass is 10.3. The van der Waals surface area contributed by atoms with Crippen molar-refractivity contribution in [3.63, 3.8) is 0 Å². The van der Waals surface area contributed by atoms with Crippen LogP contribution in [0.25, 0.3) is 11.7 Å². The summed E-state index contributed by atoms with van der Waals surface area (Å²) in [6.07, 6.45) is 3.48. The summed E-state index contributed by atoms with van der Waals surface area (Å²) in [5.74, 6) is 0.519. The number of rotatable bonds is 6. The minimum Gasteiger partial charge on any atom is -0.459 e. The van der Waals surface area contributed by atoms with E-state index in [0.717, 1.165) is 12.8 Å². The number of nitrogens with zero attached hydrogens (tertiary/aromatic N) is 6. The topological polar surface area (TPSA) is 105 Å². The average Bonchev–Trinajstić information content (AvgIpc) is 3.19. The summed E-state index contributed by atoms with van der Waals surface area (Å²) in [6.45, 7) is 2.94. The number of tetrazole rings is 1. The van der Waals surface area contributed by atoms with Crippen molar-refractivity contribution >= 4 is 0 Å². The molecule has 0 spiro atoms. The first-order valence-electron chi connectivity index (χ1n) is 6.65. The van der Waals surface area contributed by atoms with Crippen LogP contribution < -0.4 is 5.76 Å². The number of hydrogen-bond donors (Lipinski definition) is 0. The Balaban J connectivity index is 1.82. The molecular weight excluding hydrogens is 276 g/mol. The van der Waals surface area contributed by atoms with Crippen molar-refractivity contribution in [3.8, 4) is 11.7 Å². The summed E-state index contributed by atoms with van der Waals surface area (Å²) in [7, 11) is 0. The zero-order chi connectivity index (χ0) is 14.7. The average molecular weight is 290 g/mol. The lowest BCUT2D eigenvalue weighted by molar-refractivity contribution is 0.465. The maximum Gasteiger partial charge on any atom is 0.437 e. The van der Waals surface area contributed by atoms with Crippen LogP contribution in [-0.2, 0) is 13.1 Å². The van der Waals surface area contributed by atoms with E-state index in [4.69, 9.17) is 8.83 Å². The standard InChI is InChI=1S/C12H14N6O3/c1-2-3-6-17-10(13-15-16-17)8-18-12(19)21-11(14-18)9-5-4-7-20-9/h4-5,7H,2-3,6,8H2,1H3. The highest BCUT2D eigenvalue weighted by Crippen LogP contribution is 2.15. The fourth-order valence-electron chi connectivity index (χ4n) is 1.86. The van der Waals surface area contributed by atoms with Crippen molar-refractivity contribution in [2.45, 2.75) is 32.9 Å². The van der Waals surface area contributed by atoms with Gasteiger partial charge in [0, 0.05) is 6.54 Å². The van der Waals surface area contributed by atoms with Gasteiger partial charge in [0.2, 0.25) is 0 Å². The number of hydrogen-bond acceptors (Lipinski definition) is 7. The Morgan fingerprint density at radius 3 is 3.00 bits per heavy atom. The van der Waals surface area contributed by atoms with Crippen LogP contribution in [-0.4, -0.2) is 30.0 Å². The molecule has 0 aliphatic heterocycles. The second-order valence-electron chi connectivity index (χ2n) is 4.48. The van der Waals surface area contributed by atoms with Crippen LogP contribution >= 0.6 is 0 Å². The van der Waals surface area contributed by atoms with Gasteiger partial charge in [0.25, 0.3) is 5.89 Å². The molecule has 0 saturated heterocycles. The SMILES string of the molecule is CCCCn1nnnc1Cn1nc(-c2ccco2)oc1=O. The summed E-state index contributed by atoms with van der Waals surface area (Å²) in [5, 5.41) is 15.5. The zero-order valence-electron chi connectivity index (χ0n) is 11.5. The molecule has 0 N–H and O–H groups in total. The Morgan fingerprint density at radius 1 is 1.33 bits per heavy atom. The Kier molecular flexibility index (Phi) is 3.63. The van der Waals surface area contributed by atoms with Gasteiger partial charge in [-0.3, -0.25) is 0 Å². The second-order valence-corrected chi connectivity index (χ2v) is 4.48. The van der Waals surface area contributed by atoms with Crippen molar-refractivity contribution in [1.82, 2.24) is 30.0 Å². The third kappa shape index (κ3) is 2.76. The Bertz CT molecular complexity index is 754. The van der Waals surface area contributed by atoms with Gasteiger partial charge in [0.05, 0.1) is 6.26 Å². The first-order chi connectivity index (χ1) is 10.3. The zero-order valence-corrected chi connectivity index (χ0v) is 11.5.